The number of anilines is 1. The molecule has 4 heteroatoms. The van der Waals surface area contributed by atoms with Gasteiger partial charge in [-0.2, -0.15) is 0 Å². The molecule has 0 unspecified atom stereocenters. The molecule has 0 bridgehead atoms. The molecule has 1 aromatic rings. The summed E-state index contributed by atoms with van der Waals surface area (Å²) < 4.78 is 0. The lowest BCUT2D eigenvalue weighted by Crippen LogP contribution is -2.12. The highest BCUT2D eigenvalue weighted by Gasteiger charge is 2.04. The standard InChI is InChI=1S/C14H16N2O2/c1-3-4-5-6-7-14(18)16-13-9-8-12(10-15-13)11(2)17/h1,8-10H,4-7H2,2H3,(H,15,16,18). The minimum Gasteiger partial charge on any atom is -0.311 e. The fraction of sp³-hybridized carbons (Fsp3) is 0.357. The second-order valence-corrected chi connectivity index (χ2v) is 3.95. The van der Waals surface area contributed by atoms with Crippen LogP contribution in [-0.2, 0) is 4.79 Å². The zero-order valence-electron chi connectivity index (χ0n) is 10.4. The van der Waals surface area contributed by atoms with Gasteiger partial charge in [-0.3, -0.25) is 9.59 Å². The summed E-state index contributed by atoms with van der Waals surface area (Å²) in [5.74, 6) is 2.86. The molecule has 1 aromatic heterocycles. The van der Waals surface area contributed by atoms with Crippen LogP contribution in [0.3, 0.4) is 0 Å². The van der Waals surface area contributed by atoms with E-state index in [4.69, 9.17) is 6.42 Å². The topological polar surface area (TPSA) is 59.1 Å². The fourth-order valence-electron chi connectivity index (χ4n) is 1.39. The highest BCUT2D eigenvalue weighted by molar-refractivity contribution is 5.94. The van der Waals surface area contributed by atoms with Crippen LogP contribution in [0.1, 0.15) is 43.0 Å². The van der Waals surface area contributed by atoms with E-state index in [0.29, 0.717) is 24.2 Å². The van der Waals surface area contributed by atoms with E-state index in [1.165, 1.54) is 13.1 Å². The summed E-state index contributed by atoms with van der Waals surface area (Å²) in [4.78, 5) is 26.6. The van der Waals surface area contributed by atoms with Crippen LogP contribution in [0.2, 0.25) is 0 Å². The Morgan fingerprint density at radius 1 is 1.39 bits per heavy atom. The van der Waals surface area contributed by atoms with E-state index in [1.54, 1.807) is 12.1 Å². The van der Waals surface area contributed by atoms with Gasteiger partial charge in [-0.25, -0.2) is 4.98 Å². The Morgan fingerprint density at radius 3 is 2.72 bits per heavy atom. The normalized spacial score (nSPS) is 9.56. The molecule has 1 amide bonds. The summed E-state index contributed by atoms with van der Waals surface area (Å²) in [5, 5.41) is 2.67. The molecule has 94 valence electrons. The van der Waals surface area contributed by atoms with Crippen molar-refractivity contribution in [1.29, 1.82) is 0 Å². The van der Waals surface area contributed by atoms with Crippen molar-refractivity contribution >= 4 is 17.5 Å². The number of ketones is 1. The number of pyridine rings is 1. The van der Waals surface area contributed by atoms with Gasteiger partial charge in [0.1, 0.15) is 5.82 Å². The number of hydrogen-bond donors (Lipinski definition) is 1. The maximum atomic E-state index is 11.5. The molecule has 0 aliphatic carbocycles. The molecular weight excluding hydrogens is 228 g/mol. The third-order valence-corrected chi connectivity index (χ3v) is 2.41. The van der Waals surface area contributed by atoms with Gasteiger partial charge in [-0.05, 0) is 31.9 Å². The third-order valence-electron chi connectivity index (χ3n) is 2.41. The van der Waals surface area contributed by atoms with Crippen LogP contribution in [0.15, 0.2) is 18.3 Å². The Labute approximate surface area is 107 Å². The molecule has 0 aromatic carbocycles. The summed E-state index contributed by atoms with van der Waals surface area (Å²) in [7, 11) is 0. The van der Waals surface area contributed by atoms with Crippen molar-refractivity contribution in [3.05, 3.63) is 23.9 Å². The summed E-state index contributed by atoms with van der Waals surface area (Å²) in [6.45, 7) is 1.47. The first-order chi connectivity index (χ1) is 8.63. The Morgan fingerprint density at radius 2 is 2.17 bits per heavy atom. The van der Waals surface area contributed by atoms with Crippen molar-refractivity contribution in [3.63, 3.8) is 0 Å². The van der Waals surface area contributed by atoms with E-state index in [0.717, 1.165) is 12.8 Å². The van der Waals surface area contributed by atoms with E-state index in [1.807, 2.05) is 0 Å². The largest absolute Gasteiger partial charge is 0.311 e. The molecule has 0 aliphatic heterocycles. The van der Waals surface area contributed by atoms with Crippen molar-refractivity contribution in [2.24, 2.45) is 0 Å². The molecule has 0 aliphatic rings. The molecule has 0 saturated heterocycles. The number of unbranched alkanes of at least 4 members (excludes halogenated alkanes) is 2. The Hall–Kier alpha value is -2.15. The van der Waals surface area contributed by atoms with Gasteiger partial charge >= 0.3 is 0 Å². The van der Waals surface area contributed by atoms with Crippen molar-refractivity contribution in [2.75, 3.05) is 5.32 Å². The van der Waals surface area contributed by atoms with Crippen molar-refractivity contribution < 1.29 is 9.59 Å². The van der Waals surface area contributed by atoms with Gasteiger partial charge in [0, 0.05) is 24.6 Å². The van der Waals surface area contributed by atoms with Gasteiger partial charge in [-0.15, -0.1) is 12.3 Å². The number of aromatic nitrogens is 1. The quantitative estimate of drug-likeness (QED) is 0.475. The lowest BCUT2D eigenvalue weighted by Gasteiger charge is -2.04. The van der Waals surface area contributed by atoms with Crippen LogP contribution < -0.4 is 5.32 Å². The highest BCUT2D eigenvalue weighted by Crippen LogP contribution is 2.07. The molecule has 0 fully saturated rings. The van der Waals surface area contributed by atoms with Gasteiger partial charge in [0.25, 0.3) is 0 Å². The lowest BCUT2D eigenvalue weighted by atomic mass is 10.2. The Kier molecular flexibility index (Phi) is 5.59. The predicted octanol–water partition coefficient (Wildman–Crippen LogP) is 2.42. The number of nitrogens with one attached hydrogen (secondary N) is 1. The van der Waals surface area contributed by atoms with E-state index < -0.39 is 0 Å². The molecular formula is C14H16N2O2. The van der Waals surface area contributed by atoms with Crippen LogP contribution in [0.5, 0.6) is 0 Å². The summed E-state index contributed by atoms with van der Waals surface area (Å²) in [6.07, 6.45) is 9.31. The molecule has 4 nitrogen and oxygen atoms in total. The van der Waals surface area contributed by atoms with Gasteiger partial charge in [0.2, 0.25) is 5.91 Å². The second kappa shape index (κ2) is 7.23. The van der Waals surface area contributed by atoms with Gasteiger partial charge < -0.3 is 5.32 Å². The average molecular weight is 244 g/mol. The zero-order chi connectivity index (χ0) is 13.4. The minimum atomic E-state index is -0.0879. The van der Waals surface area contributed by atoms with Crippen molar-refractivity contribution in [3.8, 4) is 12.3 Å². The molecule has 18 heavy (non-hydrogen) atoms. The first-order valence-corrected chi connectivity index (χ1v) is 5.84. The number of Topliss-reactive ketones (excluding diaryl/α,β-unsaturated/α-hetero) is 1. The molecule has 1 heterocycles. The maximum Gasteiger partial charge on any atom is 0.225 e. The summed E-state index contributed by atoms with van der Waals surface area (Å²) in [5.41, 5.74) is 0.530. The maximum absolute atomic E-state index is 11.5. The fourth-order valence-corrected chi connectivity index (χ4v) is 1.39. The van der Waals surface area contributed by atoms with Gasteiger partial charge in [0.05, 0.1) is 0 Å². The number of nitrogens with zero attached hydrogens (tertiary/aromatic N) is 1. The minimum absolute atomic E-state index is 0.0466. The molecule has 1 rings (SSSR count). The van der Waals surface area contributed by atoms with E-state index in [2.05, 4.69) is 16.2 Å². The number of terminal acetylenes is 1. The molecule has 0 spiro atoms. The monoisotopic (exact) mass is 244 g/mol. The van der Waals surface area contributed by atoms with E-state index in [-0.39, 0.29) is 11.7 Å². The van der Waals surface area contributed by atoms with Gasteiger partial charge in [0.15, 0.2) is 5.78 Å². The Bertz CT molecular complexity index is 458. The zero-order valence-corrected chi connectivity index (χ0v) is 10.4. The first-order valence-electron chi connectivity index (χ1n) is 5.84. The van der Waals surface area contributed by atoms with Crippen LogP contribution >= 0.6 is 0 Å². The first kappa shape index (κ1) is 13.9. The Balaban J connectivity index is 2.40. The predicted molar refractivity (Wildman–Crippen MR) is 70.2 cm³/mol. The van der Waals surface area contributed by atoms with E-state index >= 15 is 0 Å². The number of carbonyl (C=O) groups is 2. The number of carbonyl (C=O) groups excluding carboxylic acids is 2. The summed E-state index contributed by atoms with van der Waals surface area (Å²) >= 11 is 0. The smallest absolute Gasteiger partial charge is 0.225 e. The number of rotatable bonds is 6. The van der Waals surface area contributed by atoms with Crippen LogP contribution in [-0.4, -0.2) is 16.7 Å². The molecule has 0 saturated carbocycles. The summed E-state index contributed by atoms with van der Waals surface area (Å²) in [6, 6.07) is 3.26. The van der Waals surface area contributed by atoms with E-state index in [9.17, 15) is 9.59 Å². The lowest BCUT2D eigenvalue weighted by molar-refractivity contribution is -0.116. The SMILES string of the molecule is C#CCCCCC(=O)Nc1ccc(C(C)=O)cn1. The van der Waals surface area contributed by atoms with Crippen molar-refractivity contribution in [2.45, 2.75) is 32.6 Å². The van der Waals surface area contributed by atoms with Crippen LogP contribution in [0, 0.1) is 12.3 Å². The average Bonchev–Trinajstić information content (AvgIpc) is 2.35. The molecule has 1 N–H and O–H groups in total. The number of hydrogen-bond acceptors (Lipinski definition) is 3. The molecule has 0 radical (unpaired) electrons. The third kappa shape index (κ3) is 4.79. The van der Waals surface area contributed by atoms with Crippen molar-refractivity contribution in [1.82, 2.24) is 4.98 Å². The molecule has 0 atom stereocenters. The van der Waals surface area contributed by atoms with Crippen LogP contribution in [0.4, 0.5) is 5.82 Å². The highest BCUT2D eigenvalue weighted by atomic mass is 16.1. The van der Waals surface area contributed by atoms with Gasteiger partial charge in [-0.1, -0.05) is 0 Å². The number of amides is 1. The van der Waals surface area contributed by atoms with Crippen LogP contribution in [0.25, 0.3) is 0 Å². The second-order valence-electron chi connectivity index (χ2n) is 3.95.